The molecule has 2 heterocycles. The van der Waals surface area contributed by atoms with Gasteiger partial charge in [-0.1, -0.05) is 12.8 Å². The third-order valence-corrected chi connectivity index (χ3v) is 3.79. The second-order valence-electron chi connectivity index (χ2n) is 4.96. The van der Waals surface area contributed by atoms with Crippen LogP contribution in [0.2, 0.25) is 0 Å². The number of aromatic nitrogens is 1. The van der Waals surface area contributed by atoms with E-state index in [-0.39, 0.29) is 6.04 Å². The smallest absolute Gasteiger partial charge is 0.127 e. The molecule has 1 aromatic rings. The summed E-state index contributed by atoms with van der Waals surface area (Å²) < 4.78 is 5.31. The van der Waals surface area contributed by atoms with Gasteiger partial charge >= 0.3 is 0 Å². The Morgan fingerprint density at radius 3 is 3.06 bits per heavy atom. The molecule has 1 aromatic heterocycles. The summed E-state index contributed by atoms with van der Waals surface area (Å²) in [6.07, 6.45) is 7.52. The van der Waals surface area contributed by atoms with Crippen LogP contribution in [0, 0.1) is 0 Å². The van der Waals surface area contributed by atoms with Crippen molar-refractivity contribution in [2.75, 3.05) is 20.7 Å². The van der Waals surface area contributed by atoms with Gasteiger partial charge in [0.1, 0.15) is 5.75 Å². The Morgan fingerprint density at radius 1 is 1.44 bits per heavy atom. The highest BCUT2D eigenvalue weighted by molar-refractivity contribution is 5.32. The first-order valence-corrected chi connectivity index (χ1v) is 6.60. The second-order valence-corrected chi connectivity index (χ2v) is 4.96. The van der Waals surface area contributed by atoms with Crippen LogP contribution < -0.4 is 4.74 Å². The molecule has 4 nitrogen and oxygen atoms in total. The molecule has 1 aliphatic heterocycles. The molecule has 1 unspecified atom stereocenters. The number of aliphatic hydroxyl groups excluding tert-OH is 1. The normalized spacial score (nSPS) is 23.4. The lowest BCUT2D eigenvalue weighted by Gasteiger charge is -2.30. The van der Waals surface area contributed by atoms with E-state index in [4.69, 9.17) is 4.74 Å². The molecular weight excluding hydrogens is 228 g/mol. The molecule has 4 heteroatoms. The number of hydrogen-bond donors (Lipinski definition) is 1. The number of ether oxygens (including phenoxy) is 1. The van der Waals surface area contributed by atoms with Crippen molar-refractivity contribution in [3.63, 3.8) is 0 Å². The molecule has 0 radical (unpaired) electrons. The van der Waals surface area contributed by atoms with Gasteiger partial charge in [0, 0.05) is 24.0 Å². The minimum Gasteiger partial charge on any atom is -0.496 e. The lowest BCUT2D eigenvalue weighted by atomic mass is 9.98. The Morgan fingerprint density at radius 2 is 2.28 bits per heavy atom. The zero-order valence-electron chi connectivity index (χ0n) is 11.2. The minimum absolute atomic E-state index is 0.158. The first-order chi connectivity index (χ1) is 8.74. The molecule has 0 bridgehead atoms. The van der Waals surface area contributed by atoms with E-state index in [0.29, 0.717) is 0 Å². The topological polar surface area (TPSA) is 45.6 Å². The van der Waals surface area contributed by atoms with E-state index in [1.165, 1.54) is 19.3 Å². The van der Waals surface area contributed by atoms with E-state index in [1.54, 1.807) is 25.6 Å². The van der Waals surface area contributed by atoms with Gasteiger partial charge in [-0.05, 0) is 32.5 Å². The van der Waals surface area contributed by atoms with Crippen molar-refractivity contribution >= 4 is 0 Å². The van der Waals surface area contributed by atoms with E-state index in [1.807, 2.05) is 0 Å². The third kappa shape index (κ3) is 2.82. The van der Waals surface area contributed by atoms with Crippen molar-refractivity contribution in [3.8, 4) is 5.75 Å². The van der Waals surface area contributed by atoms with Crippen LogP contribution in [0.1, 0.15) is 37.4 Å². The van der Waals surface area contributed by atoms with Crippen LogP contribution in [-0.4, -0.2) is 41.7 Å². The van der Waals surface area contributed by atoms with Crippen LogP contribution >= 0.6 is 0 Å². The maximum atomic E-state index is 10.6. The quantitative estimate of drug-likeness (QED) is 0.891. The molecule has 1 aliphatic rings. The van der Waals surface area contributed by atoms with Gasteiger partial charge in [0.25, 0.3) is 0 Å². The van der Waals surface area contributed by atoms with Gasteiger partial charge in [-0.2, -0.15) is 0 Å². The van der Waals surface area contributed by atoms with Crippen molar-refractivity contribution in [2.24, 2.45) is 0 Å². The van der Waals surface area contributed by atoms with Crippen molar-refractivity contribution in [1.82, 2.24) is 9.88 Å². The highest BCUT2D eigenvalue weighted by Crippen LogP contribution is 2.31. The monoisotopic (exact) mass is 250 g/mol. The molecule has 0 spiro atoms. The fourth-order valence-electron chi connectivity index (χ4n) is 2.69. The molecule has 1 N–H and O–H groups in total. The Labute approximate surface area is 109 Å². The average molecular weight is 250 g/mol. The number of likely N-dealkylation sites (tertiary alicyclic amines) is 1. The summed E-state index contributed by atoms with van der Waals surface area (Å²) in [5, 5.41) is 10.6. The first kappa shape index (κ1) is 13.3. The Bertz CT molecular complexity index is 384. The van der Waals surface area contributed by atoms with E-state index >= 15 is 0 Å². The number of pyridine rings is 1. The maximum Gasteiger partial charge on any atom is 0.127 e. The van der Waals surface area contributed by atoms with Crippen molar-refractivity contribution in [1.29, 1.82) is 0 Å². The van der Waals surface area contributed by atoms with Gasteiger partial charge in [0.15, 0.2) is 0 Å². The number of aliphatic hydroxyl groups is 1. The van der Waals surface area contributed by atoms with Crippen LogP contribution in [0.5, 0.6) is 5.75 Å². The van der Waals surface area contributed by atoms with E-state index in [9.17, 15) is 5.11 Å². The van der Waals surface area contributed by atoms with Crippen LogP contribution in [0.15, 0.2) is 18.5 Å². The summed E-state index contributed by atoms with van der Waals surface area (Å²) in [5.74, 6) is 0.718. The third-order valence-electron chi connectivity index (χ3n) is 3.79. The summed E-state index contributed by atoms with van der Waals surface area (Å²) in [6, 6.07) is 1.96. The number of rotatable bonds is 3. The van der Waals surface area contributed by atoms with Gasteiger partial charge < -0.3 is 14.7 Å². The summed E-state index contributed by atoms with van der Waals surface area (Å²) >= 11 is 0. The molecule has 0 aliphatic carbocycles. The van der Waals surface area contributed by atoms with Gasteiger partial charge in [0.05, 0.1) is 13.2 Å². The average Bonchev–Trinajstić information content (AvgIpc) is 2.62. The molecular formula is C14H22N2O2. The zero-order valence-corrected chi connectivity index (χ0v) is 11.2. The van der Waals surface area contributed by atoms with E-state index < -0.39 is 6.10 Å². The summed E-state index contributed by atoms with van der Waals surface area (Å²) in [5.41, 5.74) is 0.791. The number of methoxy groups -OCH3 is 1. The van der Waals surface area contributed by atoms with Crippen LogP contribution in [0.25, 0.3) is 0 Å². The fourth-order valence-corrected chi connectivity index (χ4v) is 2.69. The van der Waals surface area contributed by atoms with E-state index in [2.05, 4.69) is 16.9 Å². The van der Waals surface area contributed by atoms with Crippen molar-refractivity contribution in [3.05, 3.63) is 24.0 Å². The largest absolute Gasteiger partial charge is 0.496 e. The molecule has 0 saturated carbocycles. The number of nitrogens with zero attached hydrogens (tertiary/aromatic N) is 2. The van der Waals surface area contributed by atoms with Crippen molar-refractivity contribution in [2.45, 2.75) is 37.8 Å². The highest BCUT2D eigenvalue weighted by atomic mass is 16.5. The molecule has 1 fully saturated rings. The summed E-state index contributed by atoms with van der Waals surface area (Å²) in [4.78, 5) is 6.35. The SMILES string of the molecule is COc1ccncc1[C@@H](O)C1CCCCCN1C. The van der Waals surface area contributed by atoms with Gasteiger partial charge in [-0.3, -0.25) is 4.98 Å². The summed E-state index contributed by atoms with van der Waals surface area (Å²) in [7, 11) is 3.71. The van der Waals surface area contributed by atoms with Gasteiger partial charge in [-0.25, -0.2) is 0 Å². The molecule has 18 heavy (non-hydrogen) atoms. The second kappa shape index (κ2) is 6.16. The number of likely N-dealkylation sites (N-methyl/N-ethyl adjacent to an activating group) is 1. The Kier molecular flexibility index (Phi) is 4.55. The van der Waals surface area contributed by atoms with Crippen LogP contribution in [0.4, 0.5) is 0 Å². The standard InChI is InChI=1S/C14H22N2O2/c1-16-9-5-3-4-6-12(16)14(17)11-10-15-8-7-13(11)18-2/h7-8,10,12,14,17H,3-6,9H2,1-2H3/t12?,14-/m1/s1. The van der Waals surface area contributed by atoms with Gasteiger partial charge in [0.2, 0.25) is 0 Å². The highest BCUT2D eigenvalue weighted by Gasteiger charge is 2.28. The Hall–Kier alpha value is -1.13. The minimum atomic E-state index is -0.531. The van der Waals surface area contributed by atoms with Crippen molar-refractivity contribution < 1.29 is 9.84 Å². The molecule has 2 rings (SSSR count). The fraction of sp³-hybridized carbons (Fsp3) is 0.643. The lowest BCUT2D eigenvalue weighted by Crippen LogP contribution is -2.36. The molecule has 2 atom stereocenters. The molecule has 0 amide bonds. The lowest BCUT2D eigenvalue weighted by molar-refractivity contribution is 0.0608. The van der Waals surface area contributed by atoms with Crippen LogP contribution in [-0.2, 0) is 0 Å². The van der Waals surface area contributed by atoms with Gasteiger partial charge in [-0.15, -0.1) is 0 Å². The van der Waals surface area contributed by atoms with E-state index in [0.717, 1.165) is 24.3 Å². The predicted octanol–water partition coefficient (Wildman–Crippen LogP) is 2.00. The summed E-state index contributed by atoms with van der Waals surface area (Å²) in [6.45, 7) is 1.05. The first-order valence-electron chi connectivity index (χ1n) is 6.60. The maximum absolute atomic E-state index is 10.6. The zero-order chi connectivity index (χ0) is 13.0. The van der Waals surface area contributed by atoms with Crippen LogP contribution in [0.3, 0.4) is 0 Å². The predicted molar refractivity (Wildman–Crippen MR) is 70.6 cm³/mol. The molecule has 0 aromatic carbocycles. The molecule has 1 saturated heterocycles. The number of hydrogen-bond acceptors (Lipinski definition) is 4. The molecule has 100 valence electrons. The Balaban J connectivity index is 2.20.